The summed E-state index contributed by atoms with van der Waals surface area (Å²) in [6.45, 7) is 0. The average molecular weight is 215 g/mol. The lowest BCUT2D eigenvalue weighted by molar-refractivity contribution is 0.594. The van der Waals surface area contributed by atoms with Crippen LogP contribution in [0.1, 0.15) is 18.4 Å². The fourth-order valence-electron chi connectivity index (χ4n) is 1.84. The topological polar surface area (TPSA) is 26.0 Å². The van der Waals surface area contributed by atoms with Crippen LogP contribution in [0.3, 0.4) is 0 Å². The molecule has 0 spiro atoms. The van der Waals surface area contributed by atoms with Crippen molar-refractivity contribution in [1.82, 2.24) is 0 Å². The summed E-state index contributed by atoms with van der Waals surface area (Å²) in [5.74, 6) is 0.750. The second-order valence-electron chi connectivity index (χ2n) is 3.83. The van der Waals surface area contributed by atoms with Crippen LogP contribution >= 0.6 is 0 Å². The van der Waals surface area contributed by atoms with E-state index in [2.05, 4.69) is 60.4 Å². The van der Waals surface area contributed by atoms with Crippen molar-refractivity contribution in [3.63, 3.8) is 0 Å². The average Bonchev–Trinajstić information content (AvgIpc) is 2.41. The molecular formula is C15H21N. The van der Waals surface area contributed by atoms with Crippen molar-refractivity contribution in [2.45, 2.75) is 19.3 Å². The number of benzene rings is 1. The minimum absolute atomic E-state index is 0.750. The largest absolute Gasteiger partial charge is 0.333 e. The van der Waals surface area contributed by atoms with E-state index in [0.29, 0.717) is 0 Å². The molecule has 1 aromatic carbocycles. The minimum Gasteiger partial charge on any atom is -0.333 e. The summed E-state index contributed by atoms with van der Waals surface area (Å²) in [5.41, 5.74) is 5.95. The third kappa shape index (κ3) is 4.45. The summed E-state index contributed by atoms with van der Waals surface area (Å²) in [7, 11) is 1.50. The van der Waals surface area contributed by atoms with E-state index in [1.165, 1.54) is 31.9 Å². The fraction of sp³-hybridized carbons (Fsp3) is 0.333. The van der Waals surface area contributed by atoms with Gasteiger partial charge >= 0.3 is 0 Å². The summed E-state index contributed by atoms with van der Waals surface area (Å²) in [6.07, 6.45) is 12.6. The van der Waals surface area contributed by atoms with E-state index in [1.54, 1.807) is 0 Å². The van der Waals surface area contributed by atoms with E-state index in [-0.39, 0.29) is 0 Å². The van der Waals surface area contributed by atoms with Crippen LogP contribution in [0.4, 0.5) is 0 Å². The smallest absolute Gasteiger partial charge is 0.0193 e. The van der Waals surface area contributed by atoms with Gasteiger partial charge in [0.25, 0.3) is 0 Å². The molecule has 1 aliphatic carbocycles. The molecule has 1 heteroatoms. The lowest BCUT2D eigenvalue weighted by Crippen LogP contribution is -1.99. The third-order valence-corrected chi connectivity index (χ3v) is 2.72. The number of hydrogen-bond acceptors (Lipinski definition) is 1. The monoisotopic (exact) mass is 215 g/mol. The van der Waals surface area contributed by atoms with E-state index < -0.39 is 0 Å². The Balaban J connectivity index is 0.000000606. The van der Waals surface area contributed by atoms with Crippen molar-refractivity contribution in [1.29, 1.82) is 0 Å². The second kappa shape index (κ2) is 7.89. The third-order valence-electron chi connectivity index (χ3n) is 2.72. The summed E-state index contributed by atoms with van der Waals surface area (Å²) in [4.78, 5) is 0. The summed E-state index contributed by atoms with van der Waals surface area (Å²) < 4.78 is 0. The quantitative estimate of drug-likeness (QED) is 0.822. The van der Waals surface area contributed by atoms with Gasteiger partial charge in [0.05, 0.1) is 0 Å². The zero-order valence-corrected chi connectivity index (χ0v) is 9.97. The van der Waals surface area contributed by atoms with Crippen LogP contribution in [0.2, 0.25) is 0 Å². The summed E-state index contributed by atoms with van der Waals surface area (Å²) in [5, 5.41) is 0. The first-order valence-electron chi connectivity index (χ1n) is 5.90. The molecule has 0 radical (unpaired) electrons. The van der Waals surface area contributed by atoms with E-state index in [4.69, 9.17) is 0 Å². The van der Waals surface area contributed by atoms with Crippen molar-refractivity contribution in [2.75, 3.05) is 7.05 Å². The maximum Gasteiger partial charge on any atom is -0.0193 e. The van der Waals surface area contributed by atoms with E-state index in [1.807, 2.05) is 0 Å². The Kier molecular flexibility index (Phi) is 6.28. The van der Waals surface area contributed by atoms with Gasteiger partial charge in [-0.05, 0) is 37.8 Å². The molecule has 1 unspecified atom stereocenters. The van der Waals surface area contributed by atoms with E-state index in [9.17, 15) is 0 Å². The molecule has 0 aromatic heterocycles. The highest BCUT2D eigenvalue weighted by atomic mass is 14.4. The normalized spacial score (nSPS) is 17.8. The van der Waals surface area contributed by atoms with Gasteiger partial charge < -0.3 is 5.73 Å². The highest BCUT2D eigenvalue weighted by molar-refractivity contribution is 5.16. The van der Waals surface area contributed by atoms with Crippen LogP contribution < -0.4 is 5.73 Å². The highest BCUT2D eigenvalue weighted by Crippen LogP contribution is 2.18. The Labute approximate surface area is 98.7 Å². The molecule has 0 saturated heterocycles. The van der Waals surface area contributed by atoms with Gasteiger partial charge in [0.2, 0.25) is 0 Å². The molecule has 0 bridgehead atoms. The maximum atomic E-state index is 4.50. The molecule has 1 aromatic rings. The van der Waals surface area contributed by atoms with Crippen molar-refractivity contribution < 1.29 is 0 Å². The first-order valence-corrected chi connectivity index (χ1v) is 5.90. The van der Waals surface area contributed by atoms with Crippen LogP contribution in [-0.2, 0) is 6.42 Å². The standard InChI is InChI=1S/C14H16.CH5N/c1-3-7-13(8-4-1)11-12-14-9-5-2-6-10-14;1-2/h1-9,14H,10-12H2;2H2,1H3. The molecule has 1 aliphatic rings. The minimum atomic E-state index is 0.750. The van der Waals surface area contributed by atoms with Gasteiger partial charge in [0.1, 0.15) is 0 Å². The number of nitrogens with two attached hydrogens (primary N) is 1. The summed E-state index contributed by atoms with van der Waals surface area (Å²) in [6, 6.07) is 10.7. The van der Waals surface area contributed by atoms with Crippen molar-refractivity contribution >= 4 is 0 Å². The molecule has 0 saturated carbocycles. The molecule has 16 heavy (non-hydrogen) atoms. The van der Waals surface area contributed by atoms with Crippen LogP contribution in [0.5, 0.6) is 0 Å². The van der Waals surface area contributed by atoms with Crippen molar-refractivity contribution in [3.8, 4) is 0 Å². The Morgan fingerprint density at radius 1 is 1.12 bits per heavy atom. The molecule has 86 valence electrons. The van der Waals surface area contributed by atoms with Crippen LogP contribution in [0, 0.1) is 5.92 Å². The Bertz CT molecular complexity index is 325. The molecule has 0 fully saturated rings. The molecule has 2 N–H and O–H groups in total. The first kappa shape index (κ1) is 12.7. The van der Waals surface area contributed by atoms with E-state index >= 15 is 0 Å². The number of allylic oxidation sites excluding steroid dienone is 4. The lowest BCUT2D eigenvalue weighted by Gasteiger charge is -2.12. The Morgan fingerprint density at radius 2 is 1.88 bits per heavy atom. The zero-order valence-electron chi connectivity index (χ0n) is 9.97. The molecule has 0 heterocycles. The fourth-order valence-corrected chi connectivity index (χ4v) is 1.84. The SMILES string of the molecule is C1=CCC(CCc2ccccc2)C=C1.CN. The van der Waals surface area contributed by atoms with Gasteiger partial charge in [-0.1, -0.05) is 54.6 Å². The van der Waals surface area contributed by atoms with Gasteiger partial charge in [-0.15, -0.1) is 0 Å². The molecule has 1 atom stereocenters. The van der Waals surface area contributed by atoms with Gasteiger partial charge in [-0.3, -0.25) is 0 Å². The van der Waals surface area contributed by atoms with Gasteiger partial charge in [0.15, 0.2) is 0 Å². The van der Waals surface area contributed by atoms with Gasteiger partial charge in [-0.2, -0.15) is 0 Å². The molecule has 1 nitrogen and oxygen atoms in total. The van der Waals surface area contributed by atoms with E-state index in [0.717, 1.165) is 5.92 Å². The Hall–Kier alpha value is -1.34. The highest BCUT2D eigenvalue weighted by Gasteiger charge is 2.04. The maximum absolute atomic E-state index is 4.50. The number of hydrogen-bond donors (Lipinski definition) is 1. The predicted molar refractivity (Wildman–Crippen MR) is 71.3 cm³/mol. The van der Waals surface area contributed by atoms with Crippen LogP contribution in [-0.4, -0.2) is 7.05 Å². The number of aryl methyl sites for hydroxylation is 1. The molecule has 0 aliphatic heterocycles. The Morgan fingerprint density at radius 3 is 2.50 bits per heavy atom. The van der Waals surface area contributed by atoms with Gasteiger partial charge in [-0.25, -0.2) is 0 Å². The lowest BCUT2D eigenvalue weighted by atomic mass is 9.94. The zero-order chi connectivity index (χ0) is 11.6. The molecule has 0 amide bonds. The van der Waals surface area contributed by atoms with Gasteiger partial charge in [0, 0.05) is 0 Å². The molecular weight excluding hydrogens is 194 g/mol. The molecule has 2 rings (SSSR count). The predicted octanol–water partition coefficient (Wildman–Crippen LogP) is 3.33. The second-order valence-corrected chi connectivity index (χ2v) is 3.83. The van der Waals surface area contributed by atoms with Crippen LogP contribution in [0.25, 0.3) is 0 Å². The van der Waals surface area contributed by atoms with Crippen molar-refractivity contribution in [3.05, 3.63) is 60.2 Å². The van der Waals surface area contributed by atoms with Crippen LogP contribution in [0.15, 0.2) is 54.6 Å². The number of rotatable bonds is 3. The summed E-state index contributed by atoms with van der Waals surface area (Å²) >= 11 is 0. The first-order chi connectivity index (χ1) is 7.95. The van der Waals surface area contributed by atoms with Crippen molar-refractivity contribution in [2.24, 2.45) is 11.7 Å².